The molecule has 0 spiro atoms. The number of aliphatic hydroxyl groups excluding tert-OH is 1. The number of hydrogen-bond donors (Lipinski definition) is 2. The minimum atomic E-state index is -0.513. The lowest BCUT2D eigenvalue weighted by molar-refractivity contribution is 0.0512. The van der Waals surface area contributed by atoms with Crippen molar-refractivity contribution in [3.63, 3.8) is 0 Å². The summed E-state index contributed by atoms with van der Waals surface area (Å²) in [6.07, 6.45) is 0.247. The zero-order valence-electron chi connectivity index (χ0n) is 13.1. The first-order chi connectivity index (χ1) is 9.71. The van der Waals surface area contributed by atoms with E-state index in [4.69, 9.17) is 4.74 Å². The van der Waals surface area contributed by atoms with Gasteiger partial charge in [-0.1, -0.05) is 28.1 Å². The Bertz CT molecular complexity index is 483. The van der Waals surface area contributed by atoms with Crippen LogP contribution in [0, 0.1) is 12.8 Å². The van der Waals surface area contributed by atoms with E-state index in [1.807, 2.05) is 45.9 Å². The van der Waals surface area contributed by atoms with Gasteiger partial charge in [-0.2, -0.15) is 0 Å². The molecule has 0 fully saturated rings. The second kappa shape index (κ2) is 7.80. The number of alkyl carbamates (subject to hydrolysis) is 1. The van der Waals surface area contributed by atoms with E-state index in [0.717, 1.165) is 10.0 Å². The van der Waals surface area contributed by atoms with Crippen molar-refractivity contribution in [3.05, 3.63) is 33.8 Å². The second-order valence-electron chi connectivity index (χ2n) is 6.22. The molecule has 0 bridgehead atoms. The molecule has 2 N–H and O–H groups in total. The third kappa shape index (κ3) is 6.96. The maximum Gasteiger partial charge on any atom is 0.407 e. The van der Waals surface area contributed by atoms with Crippen molar-refractivity contribution in [1.29, 1.82) is 0 Å². The van der Waals surface area contributed by atoms with Crippen molar-refractivity contribution in [3.8, 4) is 0 Å². The van der Waals surface area contributed by atoms with Crippen LogP contribution in [0.3, 0.4) is 0 Å². The summed E-state index contributed by atoms with van der Waals surface area (Å²) < 4.78 is 6.23. The van der Waals surface area contributed by atoms with Gasteiger partial charge < -0.3 is 15.2 Å². The highest BCUT2D eigenvalue weighted by Crippen LogP contribution is 2.19. The van der Waals surface area contributed by atoms with Crippen molar-refractivity contribution < 1.29 is 14.6 Å². The van der Waals surface area contributed by atoms with Gasteiger partial charge in [-0.25, -0.2) is 4.79 Å². The molecule has 0 saturated carbocycles. The minimum absolute atomic E-state index is 0.0152. The molecule has 0 radical (unpaired) electrons. The van der Waals surface area contributed by atoms with E-state index in [2.05, 4.69) is 21.2 Å². The lowest BCUT2D eigenvalue weighted by atomic mass is 9.99. The molecule has 0 aliphatic carbocycles. The maximum absolute atomic E-state index is 11.6. The van der Waals surface area contributed by atoms with E-state index in [1.54, 1.807) is 0 Å². The minimum Gasteiger partial charge on any atom is -0.444 e. The number of rotatable bonds is 5. The Labute approximate surface area is 135 Å². The molecule has 1 unspecified atom stereocenters. The molecule has 0 saturated heterocycles. The largest absolute Gasteiger partial charge is 0.444 e. The fourth-order valence-corrected chi connectivity index (χ4v) is 2.27. The Morgan fingerprint density at radius 1 is 1.43 bits per heavy atom. The van der Waals surface area contributed by atoms with E-state index in [-0.39, 0.29) is 12.5 Å². The van der Waals surface area contributed by atoms with E-state index >= 15 is 0 Å². The van der Waals surface area contributed by atoms with Crippen LogP contribution in [0.1, 0.15) is 31.9 Å². The number of nitrogens with one attached hydrogen (secondary N) is 1. The Morgan fingerprint density at radius 2 is 2.10 bits per heavy atom. The molecule has 21 heavy (non-hydrogen) atoms. The van der Waals surface area contributed by atoms with E-state index in [9.17, 15) is 9.90 Å². The predicted octanol–water partition coefficient (Wildman–Crippen LogP) is 3.43. The van der Waals surface area contributed by atoms with Gasteiger partial charge in [0.2, 0.25) is 0 Å². The van der Waals surface area contributed by atoms with Gasteiger partial charge in [0, 0.05) is 23.5 Å². The summed E-state index contributed by atoms with van der Waals surface area (Å²) in [6.45, 7) is 7.89. The van der Waals surface area contributed by atoms with Crippen LogP contribution in [0.15, 0.2) is 22.7 Å². The molecule has 1 amide bonds. The van der Waals surface area contributed by atoms with Gasteiger partial charge >= 0.3 is 6.09 Å². The van der Waals surface area contributed by atoms with Crippen molar-refractivity contribution in [2.75, 3.05) is 13.2 Å². The van der Waals surface area contributed by atoms with E-state index in [1.165, 1.54) is 5.56 Å². The van der Waals surface area contributed by atoms with E-state index < -0.39 is 11.7 Å². The molecule has 0 aromatic heterocycles. The van der Waals surface area contributed by atoms with Gasteiger partial charge in [0.05, 0.1) is 0 Å². The van der Waals surface area contributed by atoms with Crippen molar-refractivity contribution in [1.82, 2.24) is 5.32 Å². The van der Waals surface area contributed by atoms with Crippen LogP contribution in [0.2, 0.25) is 0 Å². The standard InChI is InChI=1S/C16H24BrNO3/c1-11-5-6-12(8-14(11)17)7-13(10-19)9-18-15(20)21-16(2,3)4/h5-6,8,13,19H,7,9-10H2,1-4H3,(H,18,20). The highest BCUT2D eigenvalue weighted by Gasteiger charge is 2.17. The fraction of sp³-hybridized carbons (Fsp3) is 0.562. The SMILES string of the molecule is Cc1ccc(CC(CO)CNC(=O)OC(C)(C)C)cc1Br. The topological polar surface area (TPSA) is 58.6 Å². The number of aryl methyl sites for hydroxylation is 1. The van der Waals surface area contributed by atoms with Crippen molar-refractivity contribution in [2.24, 2.45) is 5.92 Å². The van der Waals surface area contributed by atoms with Gasteiger partial charge in [-0.3, -0.25) is 0 Å². The lowest BCUT2D eigenvalue weighted by Gasteiger charge is -2.21. The van der Waals surface area contributed by atoms with Crippen LogP contribution in [-0.4, -0.2) is 30.0 Å². The monoisotopic (exact) mass is 357 g/mol. The molecule has 1 rings (SSSR count). The van der Waals surface area contributed by atoms with E-state index in [0.29, 0.717) is 13.0 Å². The normalized spacial score (nSPS) is 12.9. The number of carbonyl (C=O) groups is 1. The van der Waals surface area contributed by atoms with Crippen LogP contribution in [0.25, 0.3) is 0 Å². The number of benzene rings is 1. The number of halogens is 1. The molecular weight excluding hydrogens is 334 g/mol. The molecule has 1 aromatic carbocycles. The molecule has 1 atom stereocenters. The zero-order chi connectivity index (χ0) is 16.0. The van der Waals surface area contributed by atoms with Crippen LogP contribution < -0.4 is 5.32 Å². The van der Waals surface area contributed by atoms with Gasteiger partial charge in [-0.05, 0) is 51.3 Å². The quantitative estimate of drug-likeness (QED) is 0.848. The summed E-state index contributed by atoms with van der Waals surface area (Å²) in [5.41, 5.74) is 1.78. The number of ether oxygens (including phenoxy) is 1. The molecule has 0 aliphatic rings. The summed E-state index contributed by atoms with van der Waals surface area (Å²) in [7, 11) is 0. The Kier molecular flexibility index (Phi) is 6.68. The summed E-state index contributed by atoms with van der Waals surface area (Å²) in [5.74, 6) is -0.0351. The van der Waals surface area contributed by atoms with Crippen molar-refractivity contribution >= 4 is 22.0 Å². The van der Waals surface area contributed by atoms with Gasteiger partial charge in [0.1, 0.15) is 5.60 Å². The predicted molar refractivity (Wildman–Crippen MR) is 87.4 cm³/mol. The van der Waals surface area contributed by atoms with Gasteiger partial charge in [0.25, 0.3) is 0 Å². The van der Waals surface area contributed by atoms with Crippen LogP contribution in [0.4, 0.5) is 4.79 Å². The summed E-state index contributed by atoms with van der Waals surface area (Å²) in [5, 5.41) is 12.2. The molecule has 5 heteroatoms. The highest BCUT2D eigenvalue weighted by molar-refractivity contribution is 9.10. The average molecular weight is 358 g/mol. The number of carbonyl (C=O) groups excluding carboxylic acids is 1. The smallest absolute Gasteiger partial charge is 0.407 e. The zero-order valence-corrected chi connectivity index (χ0v) is 14.7. The Morgan fingerprint density at radius 3 is 2.62 bits per heavy atom. The highest BCUT2D eigenvalue weighted by atomic mass is 79.9. The molecule has 0 heterocycles. The number of amides is 1. The molecular formula is C16H24BrNO3. The Balaban J connectivity index is 2.51. The van der Waals surface area contributed by atoms with Crippen LogP contribution in [0.5, 0.6) is 0 Å². The van der Waals surface area contributed by atoms with Gasteiger partial charge in [0.15, 0.2) is 0 Å². The average Bonchev–Trinajstić information content (AvgIpc) is 2.36. The molecule has 0 aliphatic heterocycles. The third-order valence-electron chi connectivity index (χ3n) is 2.95. The summed E-state index contributed by atoms with van der Waals surface area (Å²) in [4.78, 5) is 11.6. The summed E-state index contributed by atoms with van der Waals surface area (Å²) in [6, 6.07) is 6.12. The molecule has 1 aromatic rings. The summed E-state index contributed by atoms with van der Waals surface area (Å²) >= 11 is 3.50. The van der Waals surface area contributed by atoms with Crippen LogP contribution >= 0.6 is 15.9 Å². The first-order valence-electron chi connectivity index (χ1n) is 7.04. The Hall–Kier alpha value is -1.07. The fourth-order valence-electron chi connectivity index (χ4n) is 1.84. The van der Waals surface area contributed by atoms with Crippen molar-refractivity contribution in [2.45, 2.75) is 39.7 Å². The maximum atomic E-state index is 11.6. The van der Waals surface area contributed by atoms with Crippen LogP contribution in [-0.2, 0) is 11.2 Å². The number of aliphatic hydroxyl groups is 1. The lowest BCUT2D eigenvalue weighted by Crippen LogP contribution is -2.36. The second-order valence-corrected chi connectivity index (χ2v) is 7.07. The first kappa shape index (κ1) is 18.0. The molecule has 4 nitrogen and oxygen atoms in total. The van der Waals surface area contributed by atoms with Gasteiger partial charge in [-0.15, -0.1) is 0 Å². The molecule has 118 valence electrons. The number of hydrogen-bond acceptors (Lipinski definition) is 3. The first-order valence-corrected chi connectivity index (χ1v) is 7.83. The third-order valence-corrected chi connectivity index (χ3v) is 3.81.